The van der Waals surface area contributed by atoms with E-state index in [4.69, 9.17) is 10.2 Å². The molecule has 2 N–H and O–H groups in total. The molecule has 0 aromatic carbocycles. The Balaban J connectivity index is 3.59. The van der Waals surface area contributed by atoms with Gasteiger partial charge < -0.3 is 10.2 Å². The highest BCUT2D eigenvalue weighted by atomic mass is 16.4. The summed E-state index contributed by atoms with van der Waals surface area (Å²) in [5.41, 5.74) is 0. The Morgan fingerprint density at radius 1 is 0.833 bits per heavy atom. The SMILES string of the molecule is CC(C=CCC=CC/C=C\CCCC(=O)O)/C=C\CCCCCO. The molecule has 0 aromatic rings. The summed E-state index contributed by atoms with van der Waals surface area (Å²) >= 11 is 0. The fourth-order valence-corrected chi connectivity index (χ4v) is 2.15. The smallest absolute Gasteiger partial charge is 0.303 e. The van der Waals surface area contributed by atoms with Gasteiger partial charge in [-0.25, -0.2) is 0 Å². The van der Waals surface area contributed by atoms with Crippen LogP contribution in [-0.2, 0) is 4.79 Å². The van der Waals surface area contributed by atoms with Gasteiger partial charge in [-0.2, -0.15) is 0 Å². The molecule has 0 amide bonds. The van der Waals surface area contributed by atoms with Crippen LogP contribution in [0.2, 0.25) is 0 Å². The van der Waals surface area contributed by atoms with Gasteiger partial charge in [-0.1, -0.05) is 62.0 Å². The van der Waals surface area contributed by atoms with Gasteiger partial charge in [-0.05, 0) is 50.9 Å². The van der Waals surface area contributed by atoms with Gasteiger partial charge >= 0.3 is 5.97 Å². The van der Waals surface area contributed by atoms with Crippen LogP contribution in [0.15, 0.2) is 48.6 Å². The summed E-state index contributed by atoms with van der Waals surface area (Å²) in [4.78, 5) is 10.3. The highest BCUT2D eigenvalue weighted by Gasteiger charge is 1.92. The lowest BCUT2D eigenvalue weighted by atomic mass is 10.1. The molecule has 0 spiro atoms. The third kappa shape index (κ3) is 18.4. The summed E-state index contributed by atoms with van der Waals surface area (Å²) in [5, 5.41) is 17.2. The number of allylic oxidation sites excluding steroid dienone is 8. The maximum Gasteiger partial charge on any atom is 0.303 e. The van der Waals surface area contributed by atoms with E-state index in [2.05, 4.69) is 55.5 Å². The van der Waals surface area contributed by atoms with E-state index in [1.54, 1.807) is 0 Å². The Morgan fingerprint density at radius 3 is 2.17 bits per heavy atom. The van der Waals surface area contributed by atoms with Crippen LogP contribution in [0.5, 0.6) is 0 Å². The van der Waals surface area contributed by atoms with E-state index < -0.39 is 5.97 Å². The molecular weight excluding hydrogens is 300 g/mol. The summed E-state index contributed by atoms with van der Waals surface area (Å²) < 4.78 is 0. The zero-order valence-corrected chi connectivity index (χ0v) is 15.1. The molecule has 1 atom stereocenters. The fraction of sp³-hybridized carbons (Fsp3) is 0.571. The van der Waals surface area contributed by atoms with Crippen molar-refractivity contribution in [1.82, 2.24) is 0 Å². The van der Waals surface area contributed by atoms with Gasteiger partial charge in [0.25, 0.3) is 0 Å². The van der Waals surface area contributed by atoms with Crippen molar-refractivity contribution in [3.05, 3.63) is 48.6 Å². The van der Waals surface area contributed by atoms with E-state index in [-0.39, 0.29) is 6.42 Å². The lowest BCUT2D eigenvalue weighted by Gasteiger charge is -1.98. The van der Waals surface area contributed by atoms with E-state index in [1.165, 1.54) is 0 Å². The van der Waals surface area contributed by atoms with Crippen molar-refractivity contribution in [2.24, 2.45) is 5.92 Å². The van der Waals surface area contributed by atoms with Crippen molar-refractivity contribution in [2.45, 2.75) is 64.7 Å². The number of aliphatic hydroxyl groups is 1. The van der Waals surface area contributed by atoms with Crippen LogP contribution in [0.25, 0.3) is 0 Å². The van der Waals surface area contributed by atoms with Crippen LogP contribution in [0.3, 0.4) is 0 Å². The minimum absolute atomic E-state index is 0.250. The third-order valence-corrected chi connectivity index (χ3v) is 3.55. The van der Waals surface area contributed by atoms with Crippen LogP contribution >= 0.6 is 0 Å². The Bertz CT molecular complexity index is 405. The molecule has 0 saturated heterocycles. The van der Waals surface area contributed by atoms with E-state index in [0.29, 0.717) is 18.9 Å². The molecule has 0 rings (SSSR count). The fourth-order valence-electron chi connectivity index (χ4n) is 2.15. The standard InChI is InChI=1S/C21H34O3/c1-20(17-13-9-7-11-15-19-22)16-12-8-5-3-2-4-6-10-14-18-21(23)24/h3-6,12-13,16-17,20,22H,2,7-11,14-15,18-19H2,1H3,(H,23,24)/b5-3?,6-4-,16-12?,17-13-. The van der Waals surface area contributed by atoms with Gasteiger partial charge in [-0.3, -0.25) is 4.79 Å². The van der Waals surface area contributed by atoms with E-state index in [0.717, 1.165) is 44.9 Å². The molecule has 1 unspecified atom stereocenters. The number of hydrogen-bond acceptors (Lipinski definition) is 2. The molecule has 3 heteroatoms. The van der Waals surface area contributed by atoms with Crippen LogP contribution < -0.4 is 0 Å². The maximum absolute atomic E-state index is 10.3. The van der Waals surface area contributed by atoms with Crippen molar-refractivity contribution in [2.75, 3.05) is 6.61 Å². The molecule has 3 nitrogen and oxygen atoms in total. The lowest BCUT2D eigenvalue weighted by molar-refractivity contribution is -0.137. The van der Waals surface area contributed by atoms with Crippen LogP contribution in [-0.4, -0.2) is 22.8 Å². The molecule has 0 saturated carbocycles. The summed E-state index contributed by atoms with van der Waals surface area (Å²) in [6.07, 6.45) is 25.2. The first kappa shape index (κ1) is 22.4. The molecule has 0 aliphatic rings. The summed E-state index contributed by atoms with van der Waals surface area (Å²) in [6.45, 7) is 2.49. The van der Waals surface area contributed by atoms with E-state index in [9.17, 15) is 4.79 Å². The minimum atomic E-state index is -0.721. The third-order valence-electron chi connectivity index (χ3n) is 3.55. The van der Waals surface area contributed by atoms with Gasteiger partial charge in [0, 0.05) is 13.0 Å². The van der Waals surface area contributed by atoms with Crippen LogP contribution in [0.4, 0.5) is 0 Å². The lowest BCUT2D eigenvalue weighted by Crippen LogP contribution is -1.92. The zero-order chi connectivity index (χ0) is 17.9. The molecule has 136 valence electrons. The minimum Gasteiger partial charge on any atom is -0.481 e. The number of aliphatic carboxylic acids is 1. The molecule has 0 heterocycles. The Hall–Kier alpha value is -1.61. The predicted octanol–water partition coefficient (Wildman–Crippen LogP) is 5.44. The topological polar surface area (TPSA) is 57.5 Å². The molecule has 0 fully saturated rings. The summed E-state index contributed by atoms with van der Waals surface area (Å²) in [5.74, 6) is -0.258. The number of hydrogen-bond donors (Lipinski definition) is 2. The van der Waals surface area contributed by atoms with Crippen molar-refractivity contribution < 1.29 is 15.0 Å². The average molecular weight is 335 g/mol. The normalized spacial score (nSPS) is 13.8. The Kier molecular flexibility index (Phi) is 16.5. The van der Waals surface area contributed by atoms with Crippen molar-refractivity contribution >= 4 is 5.97 Å². The van der Waals surface area contributed by atoms with Gasteiger partial charge in [0.1, 0.15) is 0 Å². The van der Waals surface area contributed by atoms with Gasteiger partial charge in [-0.15, -0.1) is 0 Å². The van der Waals surface area contributed by atoms with Crippen molar-refractivity contribution in [3.8, 4) is 0 Å². The second-order valence-corrected chi connectivity index (χ2v) is 5.99. The molecule has 0 aliphatic carbocycles. The number of carboxylic acid groups (broad SMARTS) is 1. The number of aliphatic hydroxyl groups excluding tert-OH is 1. The quantitative estimate of drug-likeness (QED) is 0.310. The summed E-state index contributed by atoms with van der Waals surface area (Å²) in [7, 11) is 0. The molecule has 0 aliphatic heterocycles. The first-order chi connectivity index (χ1) is 11.7. The zero-order valence-electron chi connectivity index (χ0n) is 15.1. The second-order valence-electron chi connectivity index (χ2n) is 5.99. The van der Waals surface area contributed by atoms with Gasteiger partial charge in [0.15, 0.2) is 0 Å². The number of unbranched alkanes of at least 4 members (excludes halogenated alkanes) is 4. The monoisotopic (exact) mass is 334 g/mol. The first-order valence-corrected chi connectivity index (χ1v) is 9.12. The van der Waals surface area contributed by atoms with Crippen LogP contribution in [0, 0.1) is 5.92 Å². The highest BCUT2D eigenvalue weighted by Crippen LogP contribution is 2.05. The molecule has 0 aromatic heterocycles. The van der Waals surface area contributed by atoms with E-state index in [1.807, 2.05) is 0 Å². The second kappa shape index (κ2) is 17.7. The number of carboxylic acids is 1. The van der Waals surface area contributed by atoms with Crippen molar-refractivity contribution in [3.63, 3.8) is 0 Å². The number of rotatable bonds is 15. The van der Waals surface area contributed by atoms with Crippen molar-refractivity contribution in [1.29, 1.82) is 0 Å². The first-order valence-electron chi connectivity index (χ1n) is 9.12. The highest BCUT2D eigenvalue weighted by molar-refractivity contribution is 5.66. The predicted molar refractivity (Wildman–Crippen MR) is 102 cm³/mol. The van der Waals surface area contributed by atoms with Crippen LogP contribution in [0.1, 0.15) is 64.7 Å². The van der Waals surface area contributed by atoms with E-state index >= 15 is 0 Å². The largest absolute Gasteiger partial charge is 0.481 e. The molecule has 0 radical (unpaired) electrons. The van der Waals surface area contributed by atoms with Gasteiger partial charge in [0.05, 0.1) is 0 Å². The molecular formula is C21H34O3. The molecule has 24 heavy (non-hydrogen) atoms. The Morgan fingerprint density at radius 2 is 1.46 bits per heavy atom. The maximum atomic E-state index is 10.3. The molecule has 0 bridgehead atoms. The number of carbonyl (C=O) groups is 1. The van der Waals surface area contributed by atoms with Gasteiger partial charge in [0.2, 0.25) is 0 Å². The average Bonchev–Trinajstić information content (AvgIpc) is 2.55. The Labute approximate surface area is 147 Å². The summed E-state index contributed by atoms with van der Waals surface area (Å²) in [6, 6.07) is 0.